The second kappa shape index (κ2) is 11.9. The van der Waals surface area contributed by atoms with Gasteiger partial charge in [-0.2, -0.15) is 5.10 Å². The Morgan fingerprint density at radius 1 is 0.867 bits per heavy atom. The Morgan fingerprint density at radius 2 is 1.47 bits per heavy atom. The Kier molecular flexibility index (Phi) is 8.38. The van der Waals surface area contributed by atoms with Crippen LogP contribution in [0.4, 0.5) is 11.5 Å². The maximum atomic E-state index is 12.6. The van der Waals surface area contributed by atoms with Gasteiger partial charge < -0.3 is 10.1 Å². The molecule has 0 radical (unpaired) electrons. The zero-order chi connectivity index (χ0) is 32.0. The fraction of sp³-hybridized carbons (Fsp3) is 0.432. The van der Waals surface area contributed by atoms with Gasteiger partial charge in [-0.15, -0.1) is 0 Å². The van der Waals surface area contributed by atoms with E-state index < -0.39 is 18.2 Å². The average Bonchev–Trinajstić information content (AvgIpc) is 3.59. The highest BCUT2D eigenvalue weighted by Gasteiger charge is 2.50. The standard InChI is InChI=1S/C37H47N3O3SSi/c1-36(2,3)40-35(38-32-17-12-18-34-31(32)23-24-44(34,41)42)25-33(39-40)28-21-19-27(20-22-28)26-37(4,5)45(43,29-13-8-6-9-14-29)30-15-10-7-11-16-30/h6-18,25,27-28,38,43H,19-24,26H2,1-5H3. The lowest BCUT2D eigenvalue weighted by Crippen LogP contribution is -2.65. The Morgan fingerprint density at radius 3 is 2.04 bits per heavy atom. The van der Waals surface area contributed by atoms with E-state index >= 15 is 0 Å². The van der Waals surface area contributed by atoms with Gasteiger partial charge in [0, 0.05) is 17.7 Å². The number of aromatic nitrogens is 2. The van der Waals surface area contributed by atoms with Crippen LogP contribution in [0.2, 0.25) is 5.04 Å². The van der Waals surface area contributed by atoms with Crippen LogP contribution in [0.5, 0.6) is 0 Å². The summed E-state index contributed by atoms with van der Waals surface area (Å²) >= 11 is 0. The van der Waals surface area contributed by atoms with Crippen LogP contribution in [0.15, 0.2) is 89.8 Å². The molecule has 0 saturated heterocycles. The van der Waals surface area contributed by atoms with Gasteiger partial charge in [-0.25, -0.2) is 13.1 Å². The predicted octanol–water partition coefficient (Wildman–Crippen LogP) is 6.91. The third-order valence-electron chi connectivity index (χ3n) is 10.1. The highest BCUT2D eigenvalue weighted by atomic mass is 32.2. The smallest absolute Gasteiger partial charge is 0.258 e. The van der Waals surface area contributed by atoms with Crippen LogP contribution >= 0.6 is 0 Å². The van der Waals surface area contributed by atoms with Crippen molar-refractivity contribution in [2.45, 2.75) is 94.5 Å². The summed E-state index contributed by atoms with van der Waals surface area (Å²) in [5, 5.41) is 10.6. The maximum Gasteiger partial charge on any atom is 0.258 e. The van der Waals surface area contributed by atoms with Crippen LogP contribution in [0.3, 0.4) is 0 Å². The molecule has 0 amide bonds. The molecule has 4 aromatic rings. The fourth-order valence-electron chi connectivity index (χ4n) is 7.75. The molecule has 0 unspecified atom stereocenters. The second-order valence-electron chi connectivity index (χ2n) is 14.8. The first-order chi connectivity index (χ1) is 21.3. The third-order valence-corrected chi connectivity index (χ3v) is 16.4. The van der Waals surface area contributed by atoms with Gasteiger partial charge in [-0.05, 0) is 98.3 Å². The summed E-state index contributed by atoms with van der Waals surface area (Å²) in [6.07, 6.45) is 5.87. The first-order valence-electron chi connectivity index (χ1n) is 16.4. The quantitative estimate of drug-likeness (QED) is 0.204. The van der Waals surface area contributed by atoms with Crippen LogP contribution in [0.25, 0.3) is 0 Å². The fourth-order valence-corrected chi connectivity index (χ4v) is 13.2. The molecule has 0 spiro atoms. The van der Waals surface area contributed by atoms with Crippen molar-refractivity contribution in [1.29, 1.82) is 0 Å². The summed E-state index contributed by atoms with van der Waals surface area (Å²) in [6.45, 7) is 11.0. The molecule has 1 fully saturated rings. The Bertz CT molecular complexity index is 1710. The van der Waals surface area contributed by atoms with Gasteiger partial charge in [0.2, 0.25) is 0 Å². The van der Waals surface area contributed by atoms with Crippen molar-refractivity contribution in [1.82, 2.24) is 9.78 Å². The molecule has 1 aliphatic heterocycles. The largest absolute Gasteiger partial charge is 0.424 e. The Hall–Kier alpha value is -3.20. The Labute approximate surface area is 270 Å². The molecular weight excluding hydrogens is 595 g/mol. The van der Waals surface area contributed by atoms with E-state index in [0.717, 1.165) is 65.2 Å². The predicted molar refractivity (Wildman–Crippen MR) is 186 cm³/mol. The zero-order valence-electron chi connectivity index (χ0n) is 27.3. The van der Waals surface area contributed by atoms with E-state index in [1.807, 2.05) is 48.5 Å². The van der Waals surface area contributed by atoms with E-state index in [-0.39, 0.29) is 16.3 Å². The minimum Gasteiger partial charge on any atom is -0.424 e. The molecule has 1 aliphatic carbocycles. The van der Waals surface area contributed by atoms with E-state index in [9.17, 15) is 13.2 Å². The minimum atomic E-state index is -3.21. The van der Waals surface area contributed by atoms with Gasteiger partial charge in [0.15, 0.2) is 9.84 Å². The number of fused-ring (bicyclic) bond motifs is 1. The molecule has 0 bridgehead atoms. The summed E-state index contributed by atoms with van der Waals surface area (Å²) in [4.78, 5) is 13.1. The first-order valence-corrected chi connectivity index (χ1v) is 19.9. The van der Waals surface area contributed by atoms with Gasteiger partial charge in [0.25, 0.3) is 8.32 Å². The minimum absolute atomic E-state index is 0.168. The van der Waals surface area contributed by atoms with Crippen molar-refractivity contribution in [3.63, 3.8) is 0 Å². The molecule has 238 valence electrons. The highest BCUT2D eigenvalue weighted by molar-refractivity contribution is 7.91. The molecular formula is C37H47N3O3SSi. The van der Waals surface area contributed by atoms with Gasteiger partial charge >= 0.3 is 0 Å². The summed E-state index contributed by atoms with van der Waals surface area (Å²) < 4.78 is 27.2. The molecule has 45 heavy (non-hydrogen) atoms. The molecule has 2 aliphatic rings. The van der Waals surface area contributed by atoms with Gasteiger partial charge in [0.1, 0.15) is 5.82 Å². The first kappa shape index (κ1) is 31.8. The van der Waals surface area contributed by atoms with Gasteiger partial charge in [-0.1, -0.05) is 80.6 Å². The van der Waals surface area contributed by atoms with Crippen molar-refractivity contribution in [3.05, 3.63) is 96.2 Å². The lowest BCUT2D eigenvalue weighted by Gasteiger charge is -2.44. The average molecular weight is 642 g/mol. The van der Waals surface area contributed by atoms with Crippen molar-refractivity contribution in [3.8, 4) is 0 Å². The number of sulfone groups is 1. The summed E-state index contributed by atoms with van der Waals surface area (Å²) in [7, 11) is -6.24. The van der Waals surface area contributed by atoms with Gasteiger partial charge in [0.05, 0.1) is 21.9 Å². The number of rotatable bonds is 8. The number of hydrogen-bond acceptors (Lipinski definition) is 5. The van der Waals surface area contributed by atoms with Crippen LogP contribution in [0.1, 0.15) is 83.9 Å². The third kappa shape index (κ3) is 6.04. The van der Waals surface area contributed by atoms with Crippen molar-refractivity contribution < 1.29 is 13.2 Å². The molecule has 8 heteroatoms. The van der Waals surface area contributed by atoms with E-state index in [2.05, 4.69) is 74.9 Å². The maximum absolute atomic E-state index is 12.6. The molecule has 3 aromatic carbocycles. The van der Waals surface area contributed by atoms with E-state index in [4.69, 9.17) is 5.10 Å². The zero-order valence-corrected chi connectivity index (χ0v) is 29.1. The topological polar surface area (TPSA) is 84.2 Å². The monoisotopic (exact) mass is 641 g/mol. The molecule has 1 saturated carbocycles. The molecule has 6 nitrogen and oxygen atoms in total. The van der Waals surface area contributed by atoms with Crippen LogP contribution < -0.4 is 15.7 Å². The highest BCUT2D eigenvalue weighted by Crippen LogP contribution is 2.47. The molecule has 0 atom stereocenters. The lowest BCUT2D eigenvalue weighted by atomic mass is 9.77. The summed E-state index contributed by atoms with van der Waals surface area (Å²) in [5.41, 5.74) is 2.59. The second-order valence-corrected chi connectivity index (χ2v) is 20.8. The molecule has 2 N–H and O–H groups in total. The lowest BCUT2D eigenvalue weighted by molar-refractivity contribution is 0.272. The van der Waals surface area contributed by atoms with E-state index in [0.29, 0.717) is 23.2 Å². The number of nitrogens with one attached hydrogen (secondary N) is 1. The summed E-state index contributed by atoms with van der Waals surface area (Å²) in [5.74, 6) is 1.98. The van der Waals surface area contributed by atoms with Crippen molar-refractivity contribution >= 4 is 40.0 Å². The molecule has 2 heterocycles. The normalized spacial score (nSPS) is 20.1. The molecule has 6 rings (SSSR count). The number of anilines is 2. The number of benzene rings is 3. The van der Waals surface area contributed by atoms with Crippen molar-refractivity contribution in [2.24, 2.45) is 5.92 Å². The number of nitrogens with zero attached hydrogens (tertiary/aromatic N) is 2. The SMILES string of the molecule is CC(C)(C)n1nc(C2CCC(CC(C)(C)[Si](O)(c3ccccc3)c3ccccc3)CC2)cc1Nc1cccc2c1CCS2(=O)=O. The van der Waals surface area contributed by atoms with E-state index in [1.54, 1.807) is 6.07 Å². The Balaban J connectivity index is 1.20. The van der Waals surface area contributed by atoms with Crippen molar-refractivity contribution in [2.75, 3.05) is 11.1 Å². The van der Waals surface area contributed by atoms with Crippen LogP contribution in [-0.2, 0) is 21.8 Å². The van der Waals surface area contributed by atoms with E-state index in [1.165, 1.54) is 0 Å². The van der Waals surface area contributed by atoms with Gasteiger partial charge in [-0.3, -0.25) is 0 Å². The summed E-state index contributed by atoms with van der Waals surface area (Å²) in [6, 6.07) is 28.4. The number of hydrogen-bond donors (Lipinski definition) is 2. The van der Waals surface area contributed by atoms with Crippen LogP contribution in [-0.4, -0.2) is 37.1 Å². The van der Waals surface area contributed by atoms with Crippen LogP contribution in [0, 0.1) is 5.92 Å². The molecule has 1 aromatic heterocycles.